The van der Waals surface area contributed by atoms with Gasteiger partial charge < -0.3 is 4.74 Å². The molecule has 0 aliphatic heterocycles. The predicted octanol–water partition coefficient (Wildman–Crippen LogP) is 6.82. The highest BCUT2D eigenvalue weighted by molar-refractivity contribution is 6.17. The fourth-order valence-electron chi connectivity index (χ4n) is 2.19. The van der Waals surface area contributed by atoms with Crippen LogP contribution >= 0.6 is 11.6 Å². The molecule has 0 amide bonds. The molecule has 0 heterocycles. The van der Waals surface area contributed by atoms with Crippen molar-refractivity contribution in [3.05, 3.63) is 30.0 Å². The van der Waals surface area contributed by atoms with Gasteiger partial charge in [0.1, 0.15) is 0 Å². The molecular formula is C20H35ClO. The second kappa shape index (κ2) is 20.5. The van der Waals surface area contributed by atoms with Crippen molar-refractivity contribution in [2.45, 2.75) is 77.6 Å². The largest absolute Gasteiger partial charge is 0.376 e. The number of alkyl halides is 1. The minimum Gasteiger partial charge on any atom is -0.376 e. The van der Waals surface area contributed by atoms with Crippen LogP contribution in [0.5, 0.6) is 0 Å². The maximum absolute atomic E-state index is 5.55. The third-order valence-electron chi connectivity index (χ3n) is 3.51. The molecule has 0 N–H and O–H groups in total. The first-order valence-corrected chi connectivity index (χ1v) is 9.63. The Labute approximate surface area is 143 Å². The van der Waals surface area contributed by atoms with Gasteiger partial charge in [-0.15, -0.1) is 17.3 Å². The Balaban J connectivity index is 3.16. The highest BCUT2D eigenvalue weighted by atomic mass is 35.5. The number of hydrogen-bond acceptors (Lipinski definition) is 1. The molecule has 0 aromatic rings. The Bertz CT molecular complexity index is 290. The first-order chi connectivity index (χ1) is 10.9. The molecule has 0 aromatic heterocycles. The van der Waals surface area contributed by atoms with Gasteiger partial charge >= 0.3 is 0 Å². The Morgan fingerprint density at radius 2 is 1.50 bits per heavy atom. The number of allylic oxidation sites excluding steroid dienone is 1. The van der Waals surface area contributed by atoms with E-state index in [0.29, 0.717) is 12.5 Å². The summed E-state index contributed by atoms with van der Waals surface area (Å²) >= 11 is 5.55. The van der Waals surface area contributed by atoms with E-state index in [-0.39, 0.29) is 0 Å². The van der Waals surface area contributed by atoms with Gasteiger partial charge in [0, 0.05) is 5.88 Å². The predicted molar refractivity (Wildman–Crippen MR) is 99.8 cm³/mol. The molecule has 0 saturated carbocycles. The standard InChI is InChI=1S/C20H35ClO/c1-2-3-4-5-6-7-8-9-10-11-13-16-19-22-20-17-14-12-15-18-21/h11-13,17H,2-10,15-16,18-20H2,1H3/b13-11-. The van der Waals surface area contributed by atoms with Crippen molar-refractivity contribution in [2.24, 2.45) is 0 Å². The Morgan fingerprint density at radius 1 is 0.818 bits per heavy atom. The average Bonchev–Trinajstić information content (AvgIpc) is 2.54. The van der Waals surface area contributed by atoms with Crippen LogP contribution in [0.25, 0.3) is 0 Å². The Kier molecular flexibility index (Phi) is 20.1. The van der Waals surface area contributed by atoms with Crippen molar-refractivity contribution >= 4 is 11.6 Å². The molecule has 0 radical (unpaired) electrons. The van der Waals surface area contributed by atoms with Gasteiger partial charge in [0.2, 0.25) is 0 Å². The summed E-state index contributed by atoms with van der Waals surface area (Å²) in [5, 5.41) is 0. The fourth-order valence-corrected chi connectivity index (χ4v) is 2.30. The summed E-state index contributed by atoms with van der Waals surface area (Å²) in [6, 6.07) is 0. The van der Waals surface area contributed by atoms with Crippen molar-refractivity contribution < 1.29 is 4.74 Å². The lowest BCUT2D eigenvalue weighted by Crippen LogP contribution is -1.91. The van der Waals surface area contributed by atoms with Gasteiger partial charge in [-0.05, 0) is 37.8 Å². The topological polar surface area (TPSA) is 9.23 Å². The fraction of sp³-hybridized carbons (Fsp3) is 0.750. The van der Waals surface area contributed by atoms with Crippen molar-refractivity contribution in [3.63, 3.8) is 0 Å². The van der Waals surface area contributed by atoms with Gasteiger partial charge in [-0.3, -0.25) is 0 Å². The van der Waals surface area contributed by atoms with Crippen molar-refractivity contribution in [2.75, 3.05) is 19.1 Å². The molecule has 0 rings (SSSR count). The van der Waals surface area contributed by atoms with Crippen molar-refractivity contribution in [1.82, 2.24) is 0 Å². The van der Waals surface area contributed by atoms with Crippen LogP contribution in [0.1, 0.15) is 77.6 Å². The van der Waals surface area contributed by atoms with Gasteiger partial charge in [-0.2, -0.15) is 0 Å². The van der Waals surface area contributed by atoms with Crippen LogP contribution < -0.4 is 0 Å². The smallest absolute Gasteiger partial charge is 0.0721 e. The first-order valence-electron chi connectivity index (χ1n) is 9.10. The first kappa shape index (κ1) is 21.5. The monoisotopic (exact) mass is 326 g/mol. The molecule has 128 valence electrons. The summed E-state index contributed by atoms with van der Waals surface area (Å²) in [7, 11) is 0. The molecule has 1 nitrogen and oxygen atoms in total. The molecule has 2 heteroatoms. The summed E-state index contributed by atoms with van der Waals surface area (Å²) in [4.78, 5) is 0. The van der Waals surface area contributed by atoms with E-state index in [2.05, 4.69) is 24.8 Å². The molecular weight excluding hydrogens is 292 g/mol. The lowest BCUT2D eigenvalue weighted by molar-refractivity contribution is 0.167. The highest BCUT2D eigenvalue weighted by Gasteiger charge is 1.90. The number of rotatable bonds is 16. The average molecular weight is 327 g/mol. The van der Waals surface area contributed by atoms with Crippen LogP contribution in [-0.2, 0) is 4.74 Å². The van der Waals surface area contributed by atoms with Crippen molar-refractivity contribution in [3.8, 4) is 0 Å². The van der Waals surface area contributed by atoms with E-state index in [9.17, 15) is 0 Å². The zero-order valence-electron chi connectivity index (χ0n) is 14.5. The quantitative estimate of drug-likeness (QED) is 0.131. The maximum atomic E-state index is 5.55. The maximum Gasteiger partial charge on any atom is 0.0721 e. The van der Waals surface area contributed by atoms with E-state index in [1.165, 1.54) is 57.8 Å². The van der Waals surface area contributed by atoms with E-state index in [4.69, 9.17) is 16.3 Å². The molecule has 0 unspecified atom stereocenters. The third kappa shape index (κ3) is 19.5. The highest BCUT2D eigenvalue weighted by Crippen LogP contribution is 2.09. The van der Waals surface area contributed by atoms with E-state index < -0.39 is 0 Å². The van der Waals surface area contributed by atoms with Gasteiger partial charge in [0.15, 0.2) is 0 Å². The van der Waals surface area contributed by atoms with Gasteiger partial charge in [-0.1, -0.05) is 64.0 Å². The van der Waals surface area contributed by atoms with E-state index in [1.807, 2.05) is 12.2 Å². The summed E-state index contributed by atoms with van der Waals surface area (Å²) < 4.78 is 5.48. The Morgan fingerprint density at radius 3 is 2.23 bits per heavy atom. The second-order valence-corrected chi connectivity index (χ2v) is 6.03. The summed E-state index contributed by atoms with van der Waals surface area (Å²) in [5.41, 5.74) is 3.06. The number of halogens is 1. The molecule has 0 atom stereocenters. The summed E-state index contributed by atoms with van der Waals surface area (Å²) in [5.74, 6) is 0.658. The number of unbranched alkanes of at least 4 members (excludes halogenated alkanes) is 8. The summed E-state index contributed by atoms with van der Waals surface area (Å²) in [6.07, 6.45) is 22.7. The minimum absolute atomic E-state index is 0.644. The zero-order valence-corrected chi connectivity index (χ0v) is 15.3. The molecule has 0 aliphatic rings. The van der Waals surface area contributed by atoms with Crippen LogP contribution in [-0.4, -0.2) is 19.1 Å². The van der Waals surface area contributed by atoms with Crippen molar-refractivity contribution in [1.29, 1.82) is 0 Å². The van der Waals surface area contributed by atoms with Crippen LogP contribution in [0.3, 0.4) is 0 Å². The molecule has 0 saturated heterocycles. The molecule has 0 fully saturated rings. The Hall–Kier alpha value is -0.490. The lowest BCUT2D eigenvalue weighted by atomic mass is 10.1. The minimum atomic E-state index is 0.644. The lowest BCUT2D eigenvalue weighted by Gasteiger charge is -2.00. The van der Waals surface area contributed by atoms with Crippen LogP contribution in [0.15, 0.2) is 30.0 Å². The molecule has 0 aliphatic carbocycles. The third-order valence-corrected chi connectivity index (χ3v) is 3.73. The zero-order chi connectivity index (χ0) is 16.1. The number of ether oxygens (including phenoxy) is 1. The van der Waals surface area contributed by atoms with E-state index >= 15 is 0 Å². The molecule has 0 spiro atoms. The van der Waals surface area contributed by atoms with Gasteiger partial charge in [-0.25, -0.2) is 0 Å². The summed E-state index contributed by atoms with van der Waals surface area (Å²) in [6.45, 7) is 3.71. The normalized spacial score (nSPS) is 10.8. The van der Waals surface area contributed by atoms with E-state index in [1.54, 1.807) is 0 Å². The molecule has 0 bridgehead atoms. The van der Waals surface area contributed by atoms with Crippen LogP contribution in [0.2, 0.25) is 0 Å². The van der Waals surface area contributed by atoms with Gasteiger partial charge in [0.25, 0.3) is 0 Å². The van der Waals surface area contributed by atoms with Crippen LogP contribution in [0.4, 0.5) is 0 Å². The van der Waals surface area contributed by atoms with E-state index in [0.717, 1.165) is 19.4 Å². The SMILES string of the molecule is CCCCCCCCCC/C=C\CCOCC=C=CCCCl. The molecule has 0 aromatic carbocycles. The second-order valence-electron chi connectivity index (χ2n) is 5.65. The van der Waals surface area contributed by atoms with Crippen LogP contribution in [0, 0.1) is 0 Å². The number of hydrogen-bond donors (Lipinski definition) is 0. The van der Waals surface area contributed by atoms with Gasteiger partial charge in [0.05, 0.1) is 13.2 Å². The molecule has 22 heavy (non-hydrogen) atoms.